The van der Waals surface area contributed by atoms with Crippen LogP contribution in [-0.4, -0.2) is 12.5 Å². The van der Waals surface area contributed by atoms with E-state index in [0.29, 0.717) is 16.9 Å². The Hall–Kier alpha value is -1.02. The summed E-state index contributed by atoms with van der Waals surface area (Å²) in [7, 11) is 0. The number of aryl methyl sites for hydroxylation is 1. The SMILES string of the molecule is Cc1cc(Cl)ccc1CC(=O)NCCCC(C)(C)C. The van der Waals surface area contributed by atoms with Crippen LogP contribution in [0.5, 0.6) is 0 Å². The Morgan fingerprint density at radius 3 is 2.58 bits per heavy atom. The number of halogens is 1. The molecule has 0 saturated heterocycles. The van der Waals surface area contributed by atoms with Crippen molar-refractivity contribution in [1.29, 1.82) is 0 Å². The molecule has 0 spiro atoms. The van der Waals surface area contributed by atoms with Crippen molar-refractivity contribution in [3.05, 3.63) is 34.3 Å². The molecule has 1 aromatic rings. The number of rotatable bonds is 5. The van der Waals surface area contributed by atoms with E-state index in [0.717, 1.165) is 30.5 Å². The second-order valence-corrected chi connectivity index (χ2v) is 6.70. The summed E-state index contributed by atoms with van der Waals surface area (Å²) in [4.78, 5) is 11.8. The maximum Gasteiger partial charge on any atom is 0.224 e. The molecule has 0 bridgehead atoms. The van der Waals surface area contributed by atoms with E-state index >= 15 is 0 Å². The van der Waals surface area contributed by atoms with E-state index in [1.54, 1.807) is 0 Å². The van der Waals surface area contributed by atoms with Crippen LogP contribution in [0, 0.1) is 12.3 Å². The highest BCUT2D eigenvalue weighted by molar-refractivity contribution is 6.30. The van der Waals surface area contributed by atoms with Crippen LogP contribution in [0.4, 0.5) is 0 Å². The molecule has 2 nitrogen and oxygen atoms in total. The van der Waals surface area contributed by atoms with E-state index in [1.807, 2.05) is 25.1 Å². The standard InChI is InChI=1S/C16H24ClNO/c1-12-10-14(17)7-6-13(12)11-15(19)18-9-5-8-16(2,3)4/h6-7,10H,5,8-9,11H2,1-4H3,(H,18,19). The fourth-order valence-electron chi connectivity index (χ4n) is 1.94. The van der Waals surface area contributed by atoms with Gasteiger partial charge in [0.25, 0.3) is 0 Å². The smallest absolute Gasteiger partial charge is 0.224 e. The van der Waals surface area contributed by atoms with Crippen LogP contribution in [0.3, 0.4) is 0 Å². The minimum Gasteiger partial charge on any atom is -0.356 e. The third kappa shape index (κ3) is 6.63. The largest absolute Gasteiger partial charge is 0.356 e. The first-order valence-corrected chi connectivity index (χ1v) is 7.17. The van der Waals surface area contributed by atoms with Gasteiger partial charge in [-0.3, -0.25) is 4.79 Å². The molecule has 0 saturated carbocycles. The van der Waals surface area contributed by atoms with E-state index in [1.165, 1.54) is 0 Å². The van der Waals surface area contributed by atoms with Crippen molar-refractivity contribution in [2.75, 3.05) is 6.54 Å². The molecule has 0 radical (unpaired) electrons. The first-order chi connectivity index (χ1) is 8.78. The average Bonchev–Trinajstić information content (AvgIpc) is 2.27. The van der Waals surface area contributed by atoms with Gasteiger partial charge in [0.05, 0.1) is 6.42 Å². The second-order valence-electron chi connectivity index (χ2n) is 6.26. The van der Waals surface area contributed by atoms with E-state index in [9.17, 15) is 4.79 Å². The molecule has 0 atom stereocenters. The fraction of sp³-hybridized carbons (Fsp3) is 0.562. The maximum atomic E-state index is 11.8. The Kier molecular flexibility index (Phi) is 5.86. The quantitative estimate of drug-likeness (QED) is 0.808. The molecule has 1 N–H and O–H groups in total. The van der Waals surface area contributed by atoms with Crippen molar-refractivity contribution in [3.63, 3.8) is 0 Å². The summed E-state index contributed by atoms with van der Waals surface area (Å²) < 4.78 is 0. The fourth-order valence-corrected chi connectivity index (χ4v) is 2.17. The minimum absolute atomic E-state index is 0.0827. The van der Waals surface area contributed by atoms with Crippen molar-refractivity contribution in [2.24, 2.45) is 5.41 Å². The number of hydrogen-bond acceptors (Lipinski definition) is 1. The average molecular weight is 282 g/mol. The molecule has 0 heterocycles. The van der Waals surface area contributed by atoms with Crippen LogP contribution in [0.1, 0.15) is 44.7 Å². The van der Waals surface area contributed by atoms with Crippen molar-refractivity contribution < 1.29 is 4.79 Å². The van der Waals surface area contributed by atoms with Gasteiger partial charge in [-0.05, 0) is 48.4 Å². The van der Waals surface area contributed by atoms with Crippen LogP contribution in [0.15, 0.2) is 18.2 Å². The van der Waals surface area contributed by atoms with E-state index in [4.69, 9.17) is 11.6 Å². The first kappa shape index (κ1) is 16.0. The van der Waals surface area contributed by atoms with E-state index in [2.05, 4.69) is 26.1 Å². The van der Waals surface area contributed by atoms with Gasteiger partial charge in [-0.15, -0.1) is 0 Å². The molecule has 3 heteroatoms. The summed E-state index contributed by atoms with van der Waals surface area (Å²) in [5, 5.41) is 3.69. The number of carbonyl (C=O) groups is 1. The molecule has 0 unspecified atom stereocenters. The lowest BCUT2D eigenvalue weighted by Gasteiger charge is -2.17. The minimum atomic E-state index is 0.0827. The van der Waals surface area contributed by atoms with Crippen LogP contribution in [-0.2, 0) is 11.2 Å². The highest BCUT2D eigenvalue weighted by Crippen LogP contribution is 2.20. The third-order valence-electron chi connectivity index (χ3n) is 3.08. The van der Waals surface area contributed by atoms with Gasteiger partial charge in [0.2, 0.25) is 5.91 Å². The monoisotopic (exact) mass is 281 g/mol. The number of benzene rings is 1. The highest BCUT2D eigenvalue weighted by Gasteiger charge is 2.10. The first-order valence-electron chi connectivity index (χ1n) is 6.80. The second kappa shape index (κ2) is 6.95. The van der Waals surface area contributed by atoms with Crippen molar-refractivity contribution in [2.45, 2.75) is 47.0 Å². The molecule has 1 aromatic carbocycles. The molecular formula is C16H24ClNO. The van der Waals surface area contributed by atoms with Crippen LogP contribution >= 0.6 is 11.6 Å². The van der Waals surface area contributed by atoms with Gasteiger partial charge in [0.1, 0.15) is 0 Å². The zero-order chi connectivity index (χ0) is 14.5. The predicted octanol–water partition coefficient (Wildman–Crippen LogP) is 4.13. The molecule has 0 aliphatic rings. The lowest BCUT2D eigenvalue weighted by atomic mass is 9.91. The van der Waals surface area contributed by atoms with Gasteiger partial charge in [0.15, 0.2) is 0 Å². The van der Waals surface area contributed by atoms with Gasteiger partial charge in [-0.1, -0.05) is 38.4 Å². The van der Waals surface area contributed by atoms with Gasteiger partial charge in [0, 0.05) is 11.6 Å². The van der Waals surface area contributed by atoms with Crippen molar-refractivity contribution in [1.82, 2.24) is 5.32 Å². The van der Waals surface area contributed by atoms with Gasteiger partial charge in [-0.25, -0.2) is 0 Å². The summed E-state index contributed by atoms with van der Waals surface area (Å²) in [5.41, 5.74) is 2.44. The lowest BCUT2D eigenvalue weighted by Crippen LogP contribution is -2.27. The van der Waals surface area contributed by atoms with E-state index in [-0.39, 0.29) is 5.91 Å². The molecular weight excluding hydrogens is 258 g/mol. The Labute approximate surface area is 121 Å². The molecule has 0 aliphatic carbocycles. The van der Waals surface area contributed by atoms with Gasteiger partial charge in [-0.2, -0.15) is 0 Å². The molecule has 0 fully saturated rings. The Balaban J connectivity index is 2.35. The normalized spacial score (nSPS) is 11.4. The zero-order valence-corrected chi connectivity index (χ0v) is 13.1. The van der Waals surface area contributed by atoms with Gasteiger partial charge >= 0.3 is 0 Å². The van der Waals surface area contributed by atoms with Gasteiger partial charge < -0.3 is 5.32 Å². The summed E-state index contributed by atoms with van der Waals surface area (Å²) in [6.07, 6.45) is 2.57. The third-order valence-corrected chi connectivity index (χ3v) is 3.32. The lowest BCUT2D eigenvalue weighted by molar-refractivity contribution is -0.120. The molecule has 19 heavy (non-hydrogen) atoms. The topological polar surface area (TPSA) is 29.1 Å². The number of nitrogens with one attached hydrogen (secondary N) is 1. The Morgan fingerprint density at radius 1 is 1.32 bits per heavy atom. The maximum absolute atomic E-state index is 11.8. The van der Waals surface area contributed by atoms with Crippen molar-refractivity contribution >= 4 is 17.5 Å². The van der Waals surface area contributed by atoms with Crippen molar-refractivity contribution in [3.8, 4) is 0 Å². The van der Waals surface area contributed by atoms with Crippen LogP contribution < -0.4 is 5.32 Å². The number of hydrogen-bond donors (Lipinski definition) is 1. The number of carbonyl (C=O) groups excluding carboxylic acids is 1. The Morgan fingerprint density at radius 2 is 2.00 bits per heavy atom. The zero-order valence-electron chi connectivity index (χ0n) is 12.3. The molecule has 106 valence electrons. The molecule has 0 aromatic heterocycles. The highest BCUT2D eigenvalue weighted by atomic mass is 35.5. The molecule has 0 aliphatic heterocycles. The predicted molar refractivity (Wildman–Crippen MR) is 81.6 cm³/mol. The van der Waals surface area contributed by atoms with Crippen LogP contribution in [0.2, 0.25) is 5.02 Å². The van der Waals surface area contributed by atoms with Crippen LogP contribution in [0.25, 0.3) is 0 Å². The van der Waals surface area contributed by atoms with E-state index < -0.39 is 0 Å². The summed E-state index contributed by atoms with van der Waals surface area (Å²) in [5.74, 6) is 0.0827. The molecule has 1 amide bonds. The summed E-state index contributed by atoms with van der Waals surface area (Å²) in [6, 6.07) is 5.65. The summed E-state index contributed by atoms with van der Waals surface area (Å²) >= 11 is 5.90. The summed E-state index contributed by atoms with van der Waals surface area (Å²) in [6.45, 7) is 9.38. The Bertz CT molecular complexity index is 435. The number of amides is 1. The molecule has 1 rings (SSSR count).